The SMILES string of the molecule is Cc1nc(C)nc(-c2ccc(CCN)cc2)n1. The van der Waals surface area contributed by atoms with Gasteiger partial charge in [-0.3, -0.25) is 0 Å². The minimum Gasteiger partial charge on any atom is -0.330 e. The van der Waals surface area contributed by atoms with Crippen LogP contribution in [0, 0.1) is 13.8 Å². The molecule has 1 aromatic heterocycles. The van der Waals surface area contributed by atoms with Crippen LogP contribution in [0.1, 0.15) is 17.2 Å². The van der Waals surface area contributed by atoms with Crippen molar-refractivity contribution in [3.8, 4) is 11.4 Å². The summed E-state index contributed by atoms with van der Waals surface area (Å²) in [6.07, 6.45) is 0.898. The van der Waals surface area contributed by atoms with Gasteiger partial charge in [-0.15, -0.1) is 0 Å². The lowest BCUT2D eigenvalue weighted by Crippen LogP contribution is -2.02. The first kappa shape index (κ1) is 11.7. The molecule has 2 N–H and O–H groups in total. The monoisotopic (exact) mass is 228 g/mol. The molecule has 0 bridgehead atoms. The van der Waals surface area contributed by atoms with Crippen LogP contribution in [0.15, 0.2) is 24.3 Å². The van der Waals surface area contributed by atoms with Crippen LogP contribution in [-0.2, 0) is 6.42 Å². The second-order valence-corrected chi connectivity index (χ2v) is 3.99. The van der Waals surface area contributed by atoms with Gasteiger partial charge in [-0.2, -0.15) is 0 Å². The number of aryl methyl sites for hydroxylation is 2. The first-order valence-corrected chi connectivity index (χ1v) is 5.67. The number of rotatable bonds is 3. The summed E-state index contributed by atoms with van der Waals surface area (Å²) in [5.74, 6) is 2.23. The van der Waals surface area contributed by atoms with Gasteiger partial charge in [0.2, 0.25) is 0 Å². The summed E-state index contributed by atoms with van der Waals surface area (Å²) in [5.41, 5.74) is 7.76. The third kappa shape index (κ3) is 2.85. The fourth-order valence-corrected chi connectivity index (χ4v) is 1.73. The summed E-state index contributed by atoms with van der Waals surface area (Å²) in [6.45, 7) is 4.42. The van der Waals surface area contributed by atoms with Crippen molar-refractivity contribution in [1.82, 2.24) is 15.0 Å². The number of hydrogen-bond acceptors (Lipinski definition) is 4. The molecule has 0 saturated carbocycles. The smallest absolute Gasteiger partial charge is 0.163 e. The molecule has 0 aliphatic rings. The van der Waals surface area contributed by atoms with E-state index in [0.717, 1.165) is 29.5 Å². The zero-order valence-electron chi connectivity index (χ0n) is 10.1. The van der Waals surface area contributed by atoms with E-state index in [-0.39, 0.29) is 0 Å². The van der Waals surface area contributed by atoms with Gasteiger partial charge in [-0.25, -0.2) is 15.0 Å². The maximum absolute atomic E-state index is 5.52. The fraction of sp³-hybridized carbons (Fsp3) is 0.308. The summed E-state index contributed by atoms with van der Waals surface area (Å²) in [7, 11) is 0. The van der Waals surface area contributed by atoms with Crippen LogP contribution in [0.5, 0.6) is 0 Å². The highest BCUT2D eigenvalue weighted by Crippen LogP contribution is 2.15. The highest BCUT2D eigenvalue weighted by atomic mass is 15.0. The number of aromatic nitrogens is 3. The van der Waals surface area contributed by atoms with E-state index in [9.17, 15) is 0 Å². The van der Waals surface area contributed by atoms with Gasteiger partial charge in [0.05, 0.1) is 0 Å². The third-order valence-electron chi connectivity index (χ3n) is 2.50. The molecule has 2 rings (SSSR count). The highest BCUT2D eigenvalue weighted by molar-refractivity contribution is 5.55. The fourth-order valence-electron chi connectivity index (χ4n) is 1.73. The van der Waals surface area contributed by atoms with Gasteiger partial charge in [-0.1, -0.05) is 24.3 Å². The second-order valence-electron chi connectivity index (χ2n) is 3.99. The molecular formula is C13H16N4. The zero-order chi connectivity index (χ0) is 12.3. The predicted octanol–water partition coefficient (Wildman–Crippen LogP) is 1.66. The van der Waals surface area contributed by atoms with Gasteiger partial charge < -0.3 is 5.73 Å². The minimum absolute atomic E-state index is 0.670. The van der Waals surface area contributed by atoms with Gasteiger partial charge in [-0.05, 0) is 32.4 Å². The van der Waals surface area contributed by atoms with Crippen LogP contribution in [0.4, 0.5) is 0 Å². The van der Waals surface area contributed by atoms with Crippen LogP contribution < -0.4 is 5.73 Å². The van der Waals surface area contributed by atoms with E-state index in [1.807, 2.05) is 26.0 Å². The standard InChI is InChI=1S/C13H16N4/c1-9-15-10(2)17-13(16-9)12-5-3-11(4-6-12)7-8-14/h3-6H,7-8,14H2,1-2H3. The average Bonchev–Trinajstić information content (AvgIpc) is 2.29. The summed E-state index contributed by atoms with van der Waals surface area (Å²) >= 11 is 0. The molecule has 0 fully saturated rings. The highest BCUT2D eigenvalue weighted by Gasteiger charge is 2.03. The van der Waals surface area contributed by atoms with E-state index in [4.69, 9.17) is 5.73 Å². The molecule has 88 valence electrons. The molecule has 17 heavy (non-hydrogen) atoms. The van der Waals surface area contributed by atoms with Crippen molar-refractivity contribution < 1.29 is 0 Å². The van der Waals surface area contributed by atoms with Crippen molar-refractivity contribution in [3.05, 3.63) is 41.5 Å². The Balaban J connectivity index is 2.32. The van der Waals surface area contributed by atoms with E-state index in [1.54, 1.807) is 0 Å². The first-order valence-electron chi connectivity index (χ1n) is 5.67. The molecule has 1 heterocycles. The van der Waals surface area contributed by atoms with Crippen LogP contribution in [0.25, 0.3) is 11.4 Å². The molecule has 0 unspecified atom stereocenters. The Kier molecular flexibility index (Phi) is 3.44. The lowest BCUT2D eigenvalue weighted by Gasteiger charge is -2.04. The first-order chi connectivity index (χ1) is 8.19. The van der Waals surface area contributed by atoms with E-state index in [0.29, 0.717) is 6.54 Å². The molecule has 0 atom stereocenters. The van der Waals surface area contributed by atoms with E-state index < -0.39 is 0 Å². The van der Waals surface area contributed by atoms with Crippen molar-refractivity contribution in [3.63, 3.8) is 0 Å². The lowest BCUT2D eigenvalue weighted by molar-refractivity contribution is 0.927. The molecule has 0 amide bonds. The van der Waals surface area contributed by atoms with E-state index >= 15 is 0 Å². The molecule has 4 heteroatoms. The Morgan fingerprint density at radius 1 is 0.941 bits per heavy atom. The lowest BCUT2D eigenvalue weighted by atomic mass is 10.1. The molecule has 2 aromatic rings. The summed E-state index contributed by atoms with van der Waals surface area (Å²) in [4.78, 5) is 12.8. The second kappa shape index (κ2) is 5.01. The summed E-state index contributed by atoms with van der Waals surface area (Å²) in [5, 5.41) is 0. The number of hydrogen-bond donors (Lipinski definition) is 1. The molecule has 0 aliphatic heterocycles. The van der Waals surface area contributed by atoms with Crippen LogP contribution in [0.2, 0.25) is 0 Å². The largest absolute Gasteiger partial charge is 0.330 e. The van der Waals surface area contributed by atoms with Crippen molar-refractivity contribution in [1.29, 1.82) is 0 Å². The molecule has 4 nitrogen and oxygen atoms in total. The summed E-state index contributed by atoms with van der Waals surface area (Å²) < 4.78 is 0. The van der Waals surface area contributed by atoms with Gasteiger partial charge in [0.25, 0.3) is 0 Å². The quantitative estimate of drug-likeness (QED) is 0.867. The molecular weight excluding hydrogens is 212 g/mol. The van der Waals surface area contributed by atoms with Crippen LogP contribution in [-0.4, -0.2) is 21.5 Å². The van der Waals surface area contributed by atoms with Gasteiger partial charge in [0, 0.05) is 5.56 Å². The van der Waals surface area contributed by atoms with Gasteiger partial charge in [0.1, 0.15) is 11.6 Å². The van der Waals surface area contributed by atoms with E-state index in [2.05, 4.69) is 27.1 Å². The summed E-state index contributed by atoms with van der Waals surface area (Å²) in [6, 6.07) is 8.19. The van der Waals surface area contributed by atoms with Crippen LogP contribution >= 0.6 is 0 Å². The van der Waals surface area contributed by atoms with Crippen molar-refractivity contribution in [2.75, 3.05) is 6.54 Å². The Labute approximate surface area is 101 Å². The molecule has 0 spiro atoms. The van der Waals surface area contributed by atoms with Crippen molar-refractivity contribution in [2.24, 2.45) is 5.73 Å². The van der Waals surface area contributed by atoms with Gasteiger partial charge in [0.15, 0.2) is 5.82 Å². The third-order valence-corrected chi connectivity index (χ3v) is 2.50. The number of nitrogens with zero attached hydrogens (tertiary/aromatic N) is 3. The Morgan fingerprint density at radius 2 is 1.53 bits per heavy atom. The minimum atomic E-state index is 0.670. The Hall–Kier alpha value is -1.81. The molecule has 0 aliphatic carbocycles. The molecule has 0 saturated heterocycles. The van der Waals surface area contributed by atoms with Crippen molar-refractivity contribution >= 4 is 0 Å². The average molecular weight is 228 g/mol. The maximum Gasteiger partial charge on any atom is 0.163 e. The Morgan fingerprint density at radius 3 is 2.06 bits per heavy atom. The number of nitrogens with two attached hydrogens (primary N) is 1. The zero-order valence-corrected chi connectivity index (χ0v) is 10.1. The van der Waals surface area contributed by atoms with E-state index in [1.165, 1.54) is 5.56 Å². The normalized spacial score (nSPS) is 10.5. The molecule has 1 aromatic carbocycles. The van der Waals surface area contributed by atoms with Crippen molar-refractivity contribution in [2.45, 2.75) is 20.3 Å². The topological polar surface area (TPSA) is 64.7 Å². The molecule has 0 radical (unpaired) electrons. The number of benzene rings is 1. The maximum atomic E-state index is 5.52. The van der Waals surface area contributed by atoms with Gasteiger partial charge >= 0.3 is 0 Å². The Bertz CT molecular complexity index is 485. The van der Waals surface area contributed by atoms with Crippen LogP contribution in [0.3, 0.4) is 0 Å². The predicted molar refractivity (Wildman–Crippen MR) is 67.5 cm³/mol.